The van der Waals surface area contributed by atoms with Crippen LogP contribution >= 0.6 is 0 Å². The molecule has 0 unspecified atom stereocenters. The Morgan fingerprint density at radius 3 is 3.08 bits per heavy atom. The third kappa shape index (κ3) is 0.942. The van der Waals surface area contributed by atoms with Crippen LogP contribution in [0.3, 0.4) is 0 Å². The first-order chi connectivity index (χ1) is 5.81. The number of aromatic nitrogens is 2. The normalized spacial score (nSPS) is 10.5. The van der Waals surface area contributed by atoms with E-state index >= 15 is 0 Å². The first kappa shape index (κ1) is 7.16. The van der Waals surface area contributed by atoms with Gasteiger partial charge in [0.05, 0.1) is 7.11 Å². The van der Waals surface area contributed by atoms with Crippen molar-refractivity contribution in [1.82, 2.24) is 9.38 Å². The van der Waals surface area contributed by atoms with E-state index in [1.54, 1.807) is 13.3 Å². The van der Waals surface area contributed by atoms with E-state index in [1.165, 1.54) is 5.56 Å². The van der Waals surface area contributed by atoms with Gasteiger partial charge in [-0.25, -0.2) is 4.98 Å². The van der Waals surface area contributed by atoms with Crippen LogP contribution in [0.25, 0.3) is 5.52 Å². The van der Waals surface area contributed by atoms with Gasteiger partial charge in [-0.15, -0.1) is 0 Å². The minimum atomic E-state index is 0.672. The number of methoxy groups -OCH3 is 1. The second-order valence-electron chi connectivity index (χ2n) is 2.75. The molecule has 0 fully saturated rings. The number of rotatable bonds is 1. The molecule has 12 heavy (non-hydrogen) atoms. The van der Waals surface area contributed by atoms with E-state index < -0.39 is 0 Å². The van der Waals surface area contributed by atoms with E-state index in [1.807, 2.05) is 29.8 Å². The van der Waals surface area contributed by atoms with Gasteiger partial charge >= 0.3 is 0 Å². The van der Waals surface area contributed by atoms with Crippen LogP contribution in [0.1, 0.15) is 5.56 Å². The third-order valence-electron chi connectivity index (χ3n) is 1.82. The lowest BCUT2D eigenvalue weighted by molar-refractivity contribution is 0.401. The van der Waals surface area contributed by atoms with Crippen LogP contribution in [-0.2, 0) is 0 Å². The summed E-state index contributed by atoms with van der Waals surface area (Å²) in [6.07, 6.45) is 5.68. The summed E-state index contributed by atoms with van der Waals surface area (Å²) >= 11 is 0. The maximum atomic E-state index is 5.11. The van der Waals surface area contributed by atoms with Crippen molar-refractivity contribution >= 4 is 5.52 Å². The molecule has 0 spiro atoms. The Balaban J connectivity index is 2.78. The summed E-state index contributed by atoms with van der Waals surface area (Å²) in [7, 11) is 1.63. The van der Waals surface area contributed by atoms with Crippen molar-refractivity contribution < 1.29 is 4.74 Å². The van der Waals surface area contributed by atoms with Gasteiger partial charge in [-0.2, -0.15) is 0 Å². The standard InChI is InChI=1S/C9H10N2O/c1-7-5-8-9(12-2)10-3-4-11(8)6-7/h3-6H,1-2H3. The van der Waals surface area contributed by atoms with Gasteiger partial charge in [-0.3, -0.25) is 0 Å². The smallest absolute Gasteiger partial charge is 0.238 e. The highest BCUT2D eigenvalue weighted by Crippen LogP contribution is 2.17. The lowest BCUT2D eigenvalue weighted by Crippen LogP contribution is -1.90. The van der Waals surface area contributed by atoms with Gasteiger partial charge in [0.25, 0.3) is 0 Å². The number of nitrogens with zero attached hydrogens (tertiary/aromatic N) is 2. The molecule has 2 rings (SSSR count). The number of hydrogen-bond acceptors (Lipinski definition) is 2. The number of hydrogen-bond donors (Lipinski definition) is 0. The van der Waals surface area contributed by atoms with Crippen LogP contribution in [0.15, 0.2) is 24.7 Å². The largest absolute Gasteiger partial charge is 0.480 e. The van der Waals surface area contributed by atoms with Gasteiger partial charge < -0.3 is 9.14 Å². The van der Waals surface area contributed by atoms with E-state index in [2.05, 4.69) is 4.98 Å². The quantitative estimate of drug-likeness (QED) is 0.637. The summed E-state index contributed by atoms with van der Waals surface area (Å²) in [5.74, 6) is 0.672. The zero-order valence-electron chi connectivity index (χ0n) is 7.11. The minimum absolute atomic E-state index is 0.672. The van der Waals surface area contributed by atoms with Crippen molar-refractivity contribution in [2.75, 3.05) is 7.11 Å². The summed E-state index contributed by atoms with van der Waals surface area (Å²) in [6, 6.07) is 2.05. The van der Waals surface area contributed by atoms with Crippen molar-refractivity contribution in [3.63, 3.8) is 0 Å². The molecule has 0 atom stereocenters. The maximum Gasteiger partial charge on any atom is 0.238 e. The number of aryl methyl sites for hydroxylation is 1. The minimum Gasteiger partial charge on any atom is -0.480 e. The van der Waals surface area contributed by atoms with Gasteiger partial charge in [-0.1, -0.05) is 0 Å². The Morgan fingerprint density at radius 1 is 1.50 bits per heavy atom. The molecule has 0 amide bonds. The van der Waals surface area contributed by atoms with Crippen LogP contribution in [0.4, 0.5) is 0 Å². The van der Waals surface area contributed by atoms with Gasteiger partial charge in [0.1, 0.15) is 5.52 Å². The first-order valence-corrected chi connectivity index (χ1v) is 3.78. The monoisotopic (exact) mass is 162 g/mol. The molecule has 2 aromatic rings. The fourth-order valence-electron chi connectivity index (χ4n) is 1.31. The molecule has 2 heterocycles. The Bertz CT molecular complexity index is 406. The molecule has 0 radical (unpaired) electrons. The predicted molar refractivity (Wildman–Crippen MR) is 46.5 cm³/mol. The Kier molecular flexibility index (Phi) is 1.50. The molecule has 2 aromatic heterocycles. The van der Waals surface area contributed by atoms with E-state index in [0.29, 0.717) is 5.88 Å². The van der Waals surface area contributed by atoms with E-state index in [0.717, 1.165) is 5.52 Å². The SMILES string of the molecule is COc1nccn2cc(C)cc12. The fraction of sp³-hybridized carbons (Fsp3) is 0.222. The molecule has 3 nitrogen and oxygen atoms in total. The molecule has 0 aromatic carbocycles. The lowest BCUT2D eigenvalue weighted by Gasteiger charge is -1.99. The number of fused-ring (bicyclic) bond motifs is 1. The highest BCUT2D eigenvalue weighted by molar-refractivity contribution is 5.58. The van der Waals surface area contributed by atoms with Crippen LogP contribution in [0.2, 0.25) is 0 Å². The van der Waals surface area contributed by atoms with Crippen LogP contribution in [0.5, 0.6) is 5.88 Å². The van der Waals surface area contributed by atoms with Gasteiger partial charge in [0.2, 0.25) is 5.88 Å². The van der Waals surface area contributed by atoms with Crippen molar-refractivity contribution in [3.05, 3.63) is 30.2 Å². The van der Waals surface area contributed by atoms with Gasteiger partial charge in [-0.05, 0) is 18.6 Å². The van der Waals surface area contributed by atoms with Crippen molar-refractivity contribution in [2.45, 2.75) is 6.92 Å². The molecule has 0 aliphatic rings. The Labute approximate surface area is 70.6 Å². The molecular weight excluding hydrogens is 152 g/mol. The van der Waals surface area contributed by atoms with Gasteiger partial charge in [0.15, 0.2) is 0 Å². The molecule has 0 bridgehead atoms. The summed E-state index contributed by atoms with van der Waals surface area (Å²) in [6.45, 7) is 2.05. The third-order valence-corrected chi connectivity index (χ3v) is 1.82. The second kappa shape index (κ2) is 2.52. The molecule has 62 valence electrons. The summed E-state index contributed by atoms with van der Waals surface area (Å²) in [4.78, 5) is 4.10. The van der Waals surface area contributed by atoms with Crippen molar-refractivity contribution in [3.8, 4) is 5.88 Å². The average molecular weight is 162 g/mol. The molecule has 0 aliphatic carbocycles. The predicted octanol–water partition coefficient (Wildman–Crippen LogP) is 1.65. The molecular formula is C9H10N2O. The topological polar surface area (TPSA) is 26.5 Å². The molecule has 3 heteroatoms. The Morgan fingerprint density at radius 2 is 2.33 bits per heavy atom. The van der Waals surface area contributed by atoms with Crippen LogP contribution in [0, 0.1) is 6.92 Å². The highest BCUT2D eigenvalue weighted by atomic mass is 16.5. The fourth-order valence-corrected chi connectivity index (χ4v) is 1.31. The highest BCUT2D eigenvalue weighted by Gasteiger charge is 2.02. The molecule has 0 aliphatic heterocycles. The maximum absolute atomic E-state index is 5.11. The van der Waals surface area contributed by atoms with Crippen molar-refractivity contribution in [1.29, 1.82) is 0 Å². The summed E-state index contributed by atoms with van der Waals surface area (Å²) in [5.41, 5.74) is 2.22. The molecule has 0 saturated carbocycles. The summed E-state index contributed by atoms with van der Waals surface area (Å²) in [5, 5.41) is 0. The molecule has 0 N–H and O–H groups in total. The Hall–Kier alpha value is -1.51. The van der Waals surface area contributed by atoms with Crippen LogP contribution in [-0.4, -0.2) is 16.5 Å². The second-order valence-corrected chi connectivity index (χ2v) is 2.75. The summed E-state index contributed by atoms with van der Waals surface area (Å²) < 4.78 is 7.11. The zero-order valence-corrected chi connectivity index (χ0v) is 7.11. The van der Waals surface area contributed by atoms with Crippen LogP contribution < -0.4 is 4.74 Å². The molecule has 0 saturated heterocycles. The van der Waals surface area contributed by atoms with E-state index in [9.17, 15) is 0 Å². The van der Waals surface area contributed by atoms with Crippen molar-refractivity contribution in [2.24, 2.45) is 0 Å². The lowest BCUT2D eigenvalue weighted by atomic mass is 10.4. The zero-order chi connectivity index (χ0) is 8.55. The van der Waals surface area contributed by atoms with Gasteiger partial charge in [0, 0.05) is 18.6 Å². The number of ether oxygens (including phenoxy) is 1. The first-order valence-electron chi connectivity index (χ1n) is 3.78. The van der Waals surface area contributed by atoms with E-state index in [4.69, 9.17) is 4.74 Å². The van der Waals surface area contributed by atoms with E-state index in [-0.39, 0.29) is 0 Å². The average Bonchev–Trinajstić information content (AvgIpc) is 2.44.